The van der Waals surface area contributed by atoms with Crippen molar-refractivity contribution in [1.82, 2.24) is 16.0 Å². The first-order chi connectivity index (χ1) is 51.8. The number of hydrogen-bond acceptors (Lipinski definition) is 29. The molecule has 3 amide bonds. The van der Waals surface area contributed by atoms with Gasteiger partial charge in [0.1, 0.15) is 98.2 Å². The van der Waals surface area contributed by atoms with E-state index in [0.717, 1.165) is 84.0 Å². The van der Waals surface area contributed by atoms with E-state index < -0.39 is 234 Å². The molecule has 0 saturated carbocycles. The average molecular weight is 1580 g/mol. The Hall–Kier alpha value is -3.61. The van der Waals surface area contributed by atoms with E-state index in [9.17, 15) is 116 Å². The quantitative estimate of drug-likeness (QED) is 0.0364. The van der Waals surface area contributed by atoms with Gasteiger partial charge in [-0.05, 0) is 25.7 Å². The van der Waals surface area contributed by atoms with Crippen molar-refractivity contribution >= 4 is 29.7 Å². The molecule has 34 nitrogen and oxygen atoms in total. The highest BCUT2D eigenvalue weighted by Gasteiger charge is 2.63. The lowest BCUT2D eigenvalue weighted by Gasteiger charge is -2.52. The third-order valence-corrected chi connectivity index (χ3v) is 21.2. The average Bonchev–Trinajstić information content (AvgIpc) is 0.743. The van der Waals surface area contributed by atoms with E-state index in [4.69, 9.17) is 37.9 Å². The number of ether oxygens (including phenoxy) is 8. The summed E-state index contributed by atoms with van der Waals surface area (Å²) in [5, 5.41) is 205. The van der Waals surface area contributed by atoms with Crippen LogP contribution in [0.5, 0.6) is 0 Å². The van der Waals surface area contributed by atoms with Gasteiger partial charge in [-0.1, -0.05) is 207 Å². The Labute approximate surface area is 640 Å². The lowest BCUT2D eigenvalue weighted by Crippen LogP contribution is -2.72. The number of carbonyl (C=O) groups excluding carboxylic acids is 3. The Morgan fingerprint density at radius 1 is 0.505 bits per heavy atom. The molecule has 4 fully saturated rings. The molecule has 638 valence electrons. The number of carbonyl (C=O) groups is 5. The summed E-state index contributed by atoms with van der Waals surface area (Å²) in [6.45, 7) is 3.18. The van der Waals surface area contributed by atoms with Gasteiger partial charge in [-0.15, -0.1) is 0 Å². The van der Waals surface area contributed by atoms with Crippen LogP contribution in [0.1, 0.15) is 247 Å². The maximum atomic E-state index is 13.8. The van der Waals surface area contributed by atoms with Crippen LogP contribution in [0.2, 0.25) is 0 Å². The highest BCUT2D eigenvalue weighted by atomic mass is 16.8. The van der Waals surface area contributed by atoms with Gasteiger partial charge in [0.25, 0.3) is 11.6 Å². The molecular weight excluding hydrogens is 1440 g/mol. The van der Waals surface area contributed by atoms with Gasteiger partial charge < -0.3 is 146 Å². The zero-order valence-electron chi connectivity index (χ0n) is 64.7. The molecule has 0 unspecified atom stereocenters. The van der Waals surface area contributed by atoms with Crippen molar-refractivity contribution in [1.29, 1.82) is 0 Å². The summed E-state index contributed by atoms with van der Waals surface area (Å²) in [6.07, 6.45) is -12.7. The molecule has 4 rings (SSSR count). The smallest absolute Gasteiger partial charge is 0.364 e. The van der Waals surface area contributed by atoms with Gasteiger partial charge in [0.2, 0.25) is 17.7 Å². The monoisotopic (exact) mass is 1580 g/mol. The normalized spacial score (nSPS) is 31.1. The number of aliphatic hydroxyl groups is 16. The molecule has 0 aliphatic carbocycles. The van der Waals surface area contributed by atoms with Crippen molar-refractivity contribution in [2.24, 2.45) is 5.92 Å². The minimum absolute atomic E-state index is 0.0549. The SMILES string of the molecule is CCCCCCCCCCCCCCCCCCCCCC[C@@H](O)C(=O)N[C@@H](CO[C@@H]1O[C@H](CO[C@]2(C(=O)O)C[C@H](O[C@]3(C(=O)O)C[C@H](O)[C@@H](NC(=O)CO[C@@H]4O[C@@H](C)[C@@H](O)[C@@H](O)[C@@H]4O)[C@H]([C@H](O)[C@H](O)CO)O3)[C@@H](NC(C)=O)[C@H]([C@H](O)[C@H](O)CO)O2)[C@@H](O)[C@H](O)[C@H]1O)[C@H](O)[C@H](O)CCCCCCCCCCC(C)C. The number of carboxylic acid groups (broad SMARTS) is 2. The topological polar surface area (TPSA) is 559 Å². The van der Waals surface area contributed by atoms with Crippen LogP contribution in [-0.2, 0) is 61.9 Å². The first-order valence-electron chi connectivity index (χ1n) is 40.1. The molecule has 0 aromatic carbocycles. The summed E-state index contributed by atoms with van der Waals surface area (Å²) in [5.41, 5.74) is 0. The molecule has 4 aliphatic heterocycles. The molecule has 26 atom stereocenters. The summed E-state index contributed by atoms with van der Waals surface area (Å²) in [4.78, 5) is 67.7. The second kappa shape index (κ2) is 51.4. The lowest BCUT2D eigenvalue weighted by molar-refractivity contribution is -0.365. The minimum Gasteiger partial charge on any atom is -0.477 e. The zero-order chi connectivity index (χ0) is 81.0. The van der Waals surface area contributed by atoms with Crippen molar-refractivity contribution in [2.75, 3.05) is 33.0 Å². The molecule has 0 bridgehead atoms. The molecule has 0 aromatic heterocycles. The summed E-state index contributed by atoms with van der Waals surface area (Å²) < 4.78 is 46.1. The standard InChI is InChI=1S/C75H137N3O31/c1-6-7-8-9-10-11-12-13-14-15-16-17-18-19-20-21-22-27-30-33-36-49(83)69(97)77-47(59(89)48(82)35-32-29-26-24-23-25-28-31-34-44(2)3)41-102-71-66(96)64(94)62(92)54(106-71)42-104-74(72(98)99)38-53(57(76-46(5)81)68(108-74)61(91)52(86)40-80)107-75(73(100)101)37-50(84)56(67(109-75)60(90)51(85)39-79)78-55(87)43-103-70-65(95)63(93)58(88)45(4)105-70/h44-45,47-54,56-68,70-71,79-80,82-86,88-96H,6-43H2,1-5H3,(H,76,81)(H,77,97)(H,78,87)(H,98,99)(H,100,101)/t45-,47-,48+,49+,50-,51+,52+,53-,54+,56+,57+,58+,59-,60+,61+,62+,63+,64-,65-,66+,67+,68+,70+,71+,74+,75+/m0/s1. The van der Waals surface area contributed by atoms with Crippen molar-refractivity contribution in [2.45, 2.75) is 405 Å². The number of rotatable bonds is 57. The minimum atomic E-state index is -3.41. The van der Waals surface area contributed by atoms with Crippen LogP contribution >= 0.6 is 0 Å². The van der Waals surface area contributed by atoms with Crippen molar-refractivity contribution in [3.63, 3.8) is 0 Å². The van der Waals surface area contributed by atoms with Gasteiger partial charge in [0.15, 0.2) is 12.6 Å². The van der Waals surface area contributed by atoms with E-state index >= 15 is 0 Å². The second-order valence-electron chi connectivity index (χ2n) is 30.9. The van der Waals surface area contributed by atoms with Gasteiger partial charge in [-0.3, -0.25) is 14.4 Å². The third kappa shape index (κ3) is 32.2. The molecule has 4 aliphatic rings. The maximum absolute atomic E-state index is 13.8. The summed E-state index contributed by atoms with van der Waals surface area (Å²) in [5.74, 6) is -13.6. The zero-order valence-corrected chi connectivity index (χ0v) is 64.7. The Morgan fingerprint density at radius 2 is 0.945 bits per heavy atom. The summed E-state index contributed by atoms with van der Waals surface area (Å²) in [7, 11) is 0. The number of aliphatic carboxylic acids is 2. The first-order valence-corrected chi connectivity index (χ1v) is 40.1. The fourth-order valence-corrected chi connectivity index (χ4v) is 14.4. The van der Waals surface area contributed by atoms with Crippen LogP contribution in [-0.4, -0.2) is 313 Å². The number of nitrogens with one attached hydrogen (secondary N) is 3. The van der Waals surface area contributed by atoms with Gasteiger partial charge in [-0.2, -0.15) is 0 Å². The Kier molecular flexibility index (Phi) is 46.1. The summed E-state index contributed by atoms with van der Waals surface area (Å²) >= 11 is 0. The highest BCUT2D eigenvalue weighted by Crippen LogP contribution is 2.42. The Balaban J connectivity index is 1.52. The number of carboxylic acids is 2. The first kappa shape index (κ1) is 97.8. The predicted molar refractivity (Wildman–Crippen MR) is 389 cm³/mol. The maximum Gasteiger partial charge on any atom is 0.364 e. The summed E-state index contributed by atoms with van der Waals surface area (Å²) in [6, 6.07) is -5.57. The molecule has 0 aromatic rings. The van der Waals surface area contributed by atoms with Gasteiger partial charge in [-0.25, -0.2) is 9.59 Å². The van der Waals surface area contributed by atoms with E-state index in [1.165, 1.54) is 103 Å². The van der Waals surface area contributed by atoms with E-state index in [1.54, 1.807) is 0 Å². The van der Waals surface area contributed by atoms with Crippen LogP contribution in [0.3, 0.4) is 0 Å². The predicted octanol–water partition coefficient (Wildman–Crippen LogP) is 0.311. The fraction of sp³-hybridized carbons (Fsp3) is 0.933. The van der Waals surface area contributed by atoms with Crippen LogP contribution in [0, 0.1) is 5.92 Å². The molecule has 4 saturated heterocycles. The van der Waals surface area contributed by atoms with Gasteiger partial charge >= 0.3 is 11.9 Å². The second-order valence-corrected chi connectivity index (χ2v) is 30.9. The fourth-order valence-electron chi connectivity index (χ4n) is 14.4. The van der Waals surface area contributed by atoms with Crippen molar-refractivity contribution in [3.8, 4) is 0 Å². The van der Waals surface area contributed by atoms with E-state index in [2.05, 4.69) is 36.7 Å². The van der Waals surface area contributed by atoms with Crippen LogP contribution in [0.4, 0.5) is 0 Å². The molecular formula is C75H137N3O31. The number of aliphatic hydroxyl groups excluding tert-OH is 16. The molecule has 21 N–H and O–H groups in total. The molecule has 34 heteroatoms. The van der Waals surface area contributed by atoms with Gasteiger partial charge in [0.05, 0.1) is 69.0 Å². The van der Waals surface area contributed by atoms with Gasteiger partial charge in [0, 0.05) is 19.8 Å². The number of amides is 3. The van der Waals surface area contributed by atoms with Crippen molar-refractivity contribution < 1.29 is 154 Å². The third-order valence-electron chi connectivity index (χ3n) is 21.2. The molecule has 0 radical (unpaired) electrons. The van der Waals surface area contributed by atoms with E-state index in [0.29, 0.717) is 18.8 Å². The Morgan fingerprint density at radius 3 is 1.41 bits per heavy atom. The number of unbranched alkanes of at least 4 members (excludes halogenated alkanes) is 26. The van der Waals surface area contributed by atoms with Crippen LogP contribution in [0.15, 0.2) is 0 Å². The highest BCUT2D eigenvalue weighted by molar-refractivity contribution is 5.81. The molecule has 0 spiro atoms. The molecule has 4 heterocycles. The van der Waals surface area contributed by atoms with Crippen molar-refractivity contribution in [3.05, 3.63) is 0 Å². The van der Waals surface area contributed by atoms with Crippen LogP contribution in [0.25, 0.3) is 0 Å². The number of hydrogen-bond donors (Lipinski definition) is 21. The Bertz CT molecular complexity index is 2540. The lowest BCUT2D eigenvalue weighted by atomic mass is 9.86. The largest absolute Gasteiger partial charge is 0.477 e. The van der Waals surface area contributed by atoms with E-state index in [1.807, 2.05) is 0 Å². The molecule has 109 heavy (non-hydrogen) atoms. The van der Waals surface area contributed by atoms with Crippen LogP contribution < -0.4 is 16.0 Å². The van der Waals surface area contributed by atoms with E-state index in [-0.39, 0.29) is 12.8 Å².